The quantitative estimate of drug-likeness (QED) is 0.654. The predicted molar refractivity (Wildman–Crippen MR) is 82.6 cm³/mol. The molecule has 0 atom stereocenters. The van der Waals surface area contributed by atoms with E-state index in [4.69, 9.17) is 5.73 Å². The van der Waals surface area contributed by atoms with Crippen LogP contribution in [-0.2, 0) is 0 Å². The zero-order valence-corrected chi connectivity index (χ0v) is 12.8. The van der Waals surface area contributed by atoms with Gasteiger partial charge in [0, 0.05) is 18.2 Å². The van der Waals surface area contributed by atoms with Gasteiger partial charge in [-0.2, -0.15) is 0 Å². The van der Waals surface area contributed by atoms with E-state index >= 15 is 0 Å². The second kappa shape index (κ2) is 7.51. The van der Waals surface area contributed by atoms with Gasteiger partial charge in [-0.1, -0.05) is 19.3 Å². The molecule has 6 nitrogen and oxygen atoms in total. The van der Waals surface area contributed by atoms with Crippen LogP contribution in [0.4, 0.5) is 10.1 Å². The number of nitro benzene ring substituents is 1. The molecular formula is C14H19ClFN3O3. The molecule has 0 saturated heterocycles. The molecular weight excluding hydrogens is 313 g/mol. The number of nitro groups is 1. The van der Waals surface area contributed by atoms with E-state index in [-0.39, 0.29) is 24.5 Å². The van der Waals surface area contributed by atoms with E-state index in [2.05, 4.69) is 5.32 Å². The number of amides is 1. The summed E-state index contributed by atoms with van der Waals surface area (Å²) >= 11 is 0. The van der Waals surface area contributed by atoms with E-state index in [9.17, 15) is 19.3 Å². The molecule has 3 N–H and O–H groups in total. The van der Waals surface area contributed by atoms with Gasteiger partial charge in [0.15, 0.2) is 0 Å². The highest BCUT2D eigenvalue weighted by atomic mass is 35.5. The fourth-order valence-electron chi connectivity index (χ4n) is 2.63. The fraction of sp³-hybridized carbons (Fsp3) is 0.500. The molecule has 0 aromatic heterocycles. The number of nitrogens with two attached hydrogens (primary N) is 1. The number of halogens is 2. The van der Waals surface area contributed by atoms with E-state index in [1.807, 2.05) is 0 Å². The maximum absolute atomic E-state index is 13.2. The lowest BCUT2D eigenvalue weighted by atomic mass is 9.82. The number of nitrogens with zero attached hydrogens (tertiary/aromatic N) is 1. The SMILES string of the molecule is Cl.NC1(CNC(=O)c2cc(F)ccc2[N+](=O)[O-])CCCCC1. The molecule has 1 aliphatic carbocycles. The molecule has 8 heteroatoms. The van der Waals surface area contributed by atoms with Gasteiger partial charge >= 0.3 is 0 Å². The van der Waals surface area contributed by atoms with Gasteiger partial charge in [-0.3, -0.25) is 14.9 Å². The Morgan fingerprint density at radius 2 is 2.00 bits per heavy atom. The average molecular weight is 332 g/mol. The minimum Gasteiger partial charge on any atom is -0.350 e. The van der Waals surface area contributed by atoms with Gasteiger partial charge < -0.3 is 11.1 Å². The third-order valence-corrected chi connectivity index (χ3v) is 3.85. The first-order valence-electron chi connectivity index (χ1n) is 6.92. The number of hydrogen-bond acceptors (Lipinski definition) is 4. The lowest BCUT2D eigenvalue weighted by Gasteiger charge is -2.33. The third-order valence-electron chi connectivity index (χ3n) is 3.85. The van der Waals surface area contributed by atoms with Crippen LogP contribution in [0.3, 0.4) is 0 Å². The number of nitrogens with one attached hydrogen (secondary N) is 1. The molecule has 1 aliphatic rings. The van der Waals surface area contributed by atoms with Crippen LogP contribution in [0.25, 0.3) is 0 Å². The Hall–Kier alpha value is -1.73. The van der Waals surface area contributed by atoms with Gasteiger partial charge in [-0.05, 0) is 25.0 Å². The van der Waals surface area contributed by atoms with Crippen LogP contribution in [0.5, 0.6) is 0 Å². The van der Waals surface area contributed by atoms with Crippen LogP contribution < -0.4 is 11.1 Å². The first-order valence-corrected chi connectivity index (χ1v) is 6.92. The molecule has 0 bridgehead atoms. The smallest absolute Gasteiger partial charge is 0.282 e. The molecule has 1 saturated carbocycles. The van der Waals surface area contributed by atoms with Crippen molar-refractivity contribution in [1.29, 1.82) is 0 Å². The van der Waals surface area contributed by atoms with Gasteiger partial charge in [0.05, 0.1) is 4.92 Å². The molecule has 2 rings (SSSR count). The lowest BCUT2D eigenvalue weighted by molar-refractivity contribution is -0.385. The molecule has 1 fully saturated rings. The summed E-state index contributed by atoms with van der Waals surface area (Å²) in [6, 6.07) is 2.82. The van der Waals surface area contributed by atoms with E-state index in [1.54, 1.807) is 0 Å². The zero-order valence-electron chi connectivity index (χ0n) is 12.0. The standard InChI is InChI=1S/C14H18FN3O3.ClH/c15-10-4-5-12(18(20)21)11(8-10)13(19)17-9-14(16)6-2-1-3-7-14;/h4-5,8H,1-3,6-7,9,16H2,(H,17,19);1H. The molecule has 0 radical (unpaired) electrons. The molecule has 0 unspecified atom stereocenters. The van der Waals surface area contributed by atoms with E-state index in [0.717, 1.165) is 50.3 Å². The summed E-state index contributed by atoms with van der Waals surface area (Å²) in [5.41, 5.74) is 5.02. The van der Waals surface area contributed by atoms with Gasteiger partial charge in [-0.15, -0.1) is 12.4 Å². The number of rotatable bonds is 4. The predicted octanol–water partition coefficient (Wildman–Crippen LogP) is 2.55. The molecule has 1 aromatic rings. The summed E-state index contributed by atoms with van der Waals surface area (Å²) in [6.45, 7) is 0.236. The lowest BCUT2D eigenvalue weighted by Crippen LogP contribution is -2.51. The first-order chi connectivity index (χ1) is 9.91. The van der Waals surface area contributed by atoms with Crippen molar-refractivity contribution in [2.24, 2.45) is 5.73 Å². The Morgan fingerprint density at radius 1 is 1.36 bits per heavy atom. The monoisotopic (exact) mass is 331 g/mol. The van der Waals surface area contributed by atoms with E-state index in [1.165, 1.54) is 0 Å². The topological polar surface area (TPSA) is 98.3 Å². The maximum atomic E-state index is 13.2. The molecule has 0 spiro atoms. The van der Waals surface area contributed by atoms with E-state index in [0.29, 0.717) is 0 Å². The van der Waals surface area contributed by atoms with Crippen molar-refractivity contribution in [3.8, 4) is 0 Å². The maximum Gasteiger partial charge on any atom is 0.282 e. The van der Waals surface area contributed by atoms with Crippen molar-refractivity contribution in [2.75, 3.05) is 6.54 Å². The summed E-state index contributed by atoms with van der Waals surface area (Å²) in [6.07, 6.45) is 4.75. The second-order valence-electron chi connectivity index (χ2n) is 5.52. The molecule has 22 heavy (non-hydrogen) atoms. The normalized spacial score (nSPS) is 16.5. The highest BCUT2D eigenvalue weighted by molar-refractivity contribution is 5.98. The molecule has 122 valence electrons. The van der Waals surface area contributed by atoms with Crippen LogP contribution in [0.15, 0.2) is 18.2 Å². The summed E-state index contributed by atoms with van der Waals surface area (Å²) in [4.78, 5) is 22.3. The minimum atomic E-state index is -0.701. The van der Waals surface area contributed by atoms with Crippen LogP contribution in [0.1, 0.15) is 42.5 Å². The highest BCUT2D eigenvalue weighted by Gasteiger charge is 2.29. The highest BCUT2D eigenvalue weighted by Crippen LogP contribution is 2.25. The van der Waals surface area contributed by atoms with Gasteiger partial charge in [-0.25, -0.2) is 4.39 Å². The van der Waals surface area contributed by atoms with Gasteiger partial charge in [0.2, 0.25) is 0 Å². The zero-order chi connectivity index (χ0) is 15.5. The van der Waals surface area contributed by atoms with Crippen molar-refractivity contribution < 1.29 is 14.1 Å². The Kier molecular flexibility index (Phi) is 6.25. The van der Waals surface area contributed by atoms with Crippen molar-refractivity contribution in [3.05, 3.63) is 39.7 Å². The molecule has 0 heterocycles. The van der Waals surface area contributed by atoms with Gasteiger partial charge in [0.1, 0.15) is 11.4 Å². The van der Waals surface area contributed by atoms with Crippen molar-refractivity contribution in [3.63, 3.8) is 0 Å². The Bertz CT molecular complexity index is 562. The van der Waals surface area contributed by atoms with Gasteiger partial charge in [0.25, 0.3) is 11.6 Å². The van der Waals surface area contributed by atoms with Crippen LogP contribution in [0.2, 0.25) is 0 Å². The Balaban J connectivity index is 0.00000242. The fourth-order valence-corrected chi connectivity index (χ4v) is 2.63. The number of benzene rings is 1. The molecule has 0 aliphatic heterocycles. The van der Waals surface area contributed by atoms with Crippen molar-refractivity contribution in [2.45, 2.75) is 37.6 Å². The van der Waals surface area contributed by atoms with E-state index < -0.39 is 27.9 Å². The molecule has 1 amide bonds. The second-order valence-corrected chi connectivity index (χ2v) is 5.52. The summed E-state index contributed by atoms with van der Waals surface area (Å²) in [5.74, 6) is -1.36. The number of carbonyl (C=O) groups excluding carboxylic acids is 1. The number of carbonyl (C=O) groups is 1. The number of hydrogen-bond donors (Lipinski definition) is 2. The van der Waals surface area contributed by atoms with Crippen molar-refractivity contribution in [1.82, 2.24) is 5.32 Å². The summed E-state index contributed by atoms with van der Waals surface area (Å²) < 4.78 is 13.2. The first kappa shape index (κ1) is 18.3. The average Bonchev–Trinajstić information content (AvgIpc) is 2.45. The largest absolute Gasteiger partial charge is 0.350 e. The van der Waals surface area contributed by atoms with Crippen LogP contribution >= 0.6 is 12.4 Å². The Labute approximate surface area is 133 Å². The third kappa shape index (κ3) is 4.38. The Morgan fingerprint density at radius 3 is 2.59 bits per heavy atom. The summed E-state index contributed by atoms with van der Waals surface area (Å²) in [7, 11) is 0. The van der Waals surface area contributed by atoms with Crippen molar-refractivity contribution >= 4 is 24.0 Å². The minimum absolute atomic E-state index is 0. The van der Waals surface area contributed by atoms with Crippen LogP contribution in [0, 0.1) is 15.9 Å². The molecule has 1 aromatic carbocycles. The summed E-state index contributed by atoms with van der Waals surface area (Å²) in [5, 5.41) is 13.5. The van der Waals surface area contributed by atoms with Crippen LogP contribution in [-0.4, -0.2) is 22.9 Å².